The van der Waals surface area contributed by atoms with Crippen LogP contribution >= 0.6 is 0 Å². The highest BCUT2D eigenvalue weighted by atomic mass is 16.2. The smallest absolute Gasteiger partial charge is 0.320 e. The van der Waals surface area contributed by atoms with Gasteiger partial charge in [-0.2, -0.15) is 0 Å². The van der Waals surface area contributed by atoms with E-state index in [1.54, 1.807) is 6.20 Å². The number of rotatable bonds is 4. The summed E-state index contributed by atoms with van der Waals surface area (Å²) in [4.78, 5) is 16.9. The maximum atomic E-state index is 12.5. The van der Waals surface area contributed by atoms with Gasteiger partial charge in [0.25, 0.3) is 0 Å². The van der Waals surface area contributed by atoms with Crippen molar-refractivity contribution in [2.45, 2.75) is 13.0 Å². The predicted molar refractivity (Wildman–Crippen MR) is 94.8 cm³/mol. The third kappa shape index (κ3) is 3.46. The van der Waals surface area contributed by atoms with Gasteiger partial charge in [0.15, 0.2) is 0 Å². The van der Waals surface area contributed by atoms with E-state index in [-0.39, 0.29) is 12.1 Å². The van der Waals surface area contributed by atoms with Crippen molar-refractivity contribution in [2.75, 3.05) is 5.32 Å². The van der Waals surface area contributed by atoms with Gasteiger partial charge in [0.2, 0.25) is 0 Å². The standard InChI is InChI=1S/C19H20N4O/c1-14-8-6-7-11-16(14)17(18-20-12-13-23(18)2)22-19(24)21-15-9-4-3-5-10-15/h3-13,17H,1-2H3,(H2,21,22,24). The summed E-state index contributed by atoms with van der Waals surface area (Å²) in [5.74, 6) is 0.785. The largest absolute Gasteiger partial charge is 0.336 e. The lowest BCUT2D eigenvalue weighted by Gasteiger charge is -2.21. The molecular weight excluding hydrogens is 300 g/mol. The first-order valence-electron chi connectivity index (χ1n) is 7.80. The predicted octanol–water partition coefficient (Wildman–Crippen LogP) is 3.64. The number of aromatic nitrogens is 2. The average Bonchev–Trinajstić information content (AvgIpc) is 3.00. The molecule has 122 valence electrons. The van der Waals surface area contributed by atoms with Gasteiger partial charge in [0.05, 0.1) is 0 Å². The number of carbonyl (C=O) groups is 1. The van der Waals surface area contributed by atoms with E-state index in [1.165, 1.54) is 0 Å². The number of aryl methyl sites for hydroxylation is 2. The fourth-order valence-electron chi connectivity index (χ4n) is 2.67. The molecule has 2 aromatic carbocycles. The van der Waals surface area contributed by atoms with Gasteiger partial charge in [-0.05, 0) is 30.2 Å². The lowest BCUT2D eigenvalue weighted by Crippen LogP contribution is -2.34. The quantitative estimate of drug-likeness (QED) is 0.771. The molecule has 2 N–H and O–H groups in total. The van der Waals surface area contributed by atoms with Crippen LogP contribution < -0.4 is 10.6 Å². The first-order chi connectivity index (χ1) is 11.6. The molecule has 0 saturated heterocycles. The third-order valence-electron chi connectivity index (χ3n) is 3.92. The first kappa shape index (κ1) is 15.8. The molecular formula is C19H20N4O. The molecule has 1 heterocycles. The Balaban J connectivity index is 1.87. The highest BCUT2D eigenvalue weighted by molar-refractivity contribution is 5.89. The van der Waals surface area contributed by atoms with Crippen molar-refractivity contribution < 1.29 is 4.79 Å². The number of amides is 2. The Labute approximate surface area is 141 Å². The van der Waals surface area contributed by atoms with Crippen molar-refractivity contribution in [1.29, 1.82) is 0 Å². The molecule has 0 spiro atoms. The van der Waals surface area contributed by atoms with Crippen molar-refractivity contribution in [1.82, 2.24) is 14.9 Å². The third-order valence-corrected chi connectivity index (χ3v) is 3.92. The van der Waals surface area contributed by atoms with Crippen molar-refractivity contribution in [3.8, 4) is 0 Å². The van der Waals surface area contributed by atoms with Gasteiger partial charge in [-0.25, -0.2) is 9.78 Å². The minimum Gasteiger partial charge on any atom is -0.336 e. The molecule has 0 saturated carbocycles. The molecule has 0 aliphatic carbocycles. The van der Waals surface area contributed by atoms with Gasteiger partial charge < -0.3 is 15.2 Å². The van der Waals surface area contributed by atoms with Crippen LogP contribution in [0.5, 0.6) is 0 Å². The summed E-state index contributed by atoms with van der Waals surface area (Å²) < 4.78 is 1.92. The summed E-state index contributed by atoms with van der Waals surface area (Å²) in [6, 6.07) is 16.8. The van der Waals surface area contributed by atoms with Crippen molar-refractivity contribution in [2.24, 2.45) is 7.05 Å². The van der Waals surface area contributed by atoms with Crippen LogP contribution in [0.3, 0.4) is 0 Å². The molecule has 1 aromatic heterocycles. The number of nitrogens with one attached hydrogen (secondary N) is 2. The molecule has 1 unspecified atom stereocenters. The number of imidazole rings is 1. The average molecular weight is 320 g/mol. The summed E-state index contributed by atoms with van der Waals surface area (Å²) >= 11 is 0. The molecule has 1 atom stereocenters. The molecule has 0 bridgehead atoms. The highest BCUT2D eigenvalue weighted by Crippen LogP contribution is 2.23. The van der Waals surface area contributed by atoms with E-state index in [9.17, 15) is 4.79 Å². The maximum absolute atomic E-state index is 12.5. The van der Waals surface area contributed by atoms with Crippen LogP contribution in [0.15, 0.2) is 67.0 Å². The van der Waals surface area contributed by atoms with Crippen molar-refractivity contribution >= 4 is 11.7 Å². The van der Waals surface area contributed by atoms with Crippen LogP contribution in [0, 0.1) is 6.92 Å². The van der Waals surface area contributed by atoms with Crippen LogP contribution in [-0.2, 0) is 7.05 Å². The maximum Gasteiger partial charge on any atom is 0.320 e. The number of para-hydroxylation sites is 1. The van der Waals surface area contributed by atoms with Crippen LogP contribution in [0.1, 0.15) is 23.0 Å². The molecule has 24 heavy (non-hydrogen) atoms. The van der Waals surface area contributed by atoms with Crippen LogP contribution in [0.4, 0.5) is 10.5 Å². The molecule has 5 nitrogen and oxygen atoms in total. The topological polar surface area (TPSA) is 59.0 Å². The van der Waals surface area contributed by atoms with E-state index in [0.29, 0.717) is 0 Å². The Morgan fingerprint density at radius 1 is 1.08 bits per heavy atom. The fraction of sp³-hybridized carbons (Fsp3) is 0.158. The van der Waals surface area contributed by atoms with E-state index >= 15 is 0 Å². The lowest BCUT2D eigenvalue weighted by molar-refractivity contribution is 0.249. The number of hydrogen-bond donors (Lipinski definition) is 2. The van der Waals surface area contributed by atoms with Crippen LogP contribution in [0.25, 0.3) is 0 Å². The molecule has 3 rings (SSSR count). The number of urea groups is 1. The highest BCUT2D eigenvalue weighted by Gasteiger charge is 2.22. The van der Waals surface area contributed by atoms with Gasteiger partial charge in [-0.1, -0.05) is 42.5 Å². The molecule has 0 radical (unpaired) electrons. The molecule has 3 aromatic rings. The van der Waals surface area contributed by atoms with E-state index < -0.39 is 0 Å². The van der Waals surface area contributed by atoms with Crippen molar-refractivity contribution in [3.05, 3.63) is 83.9 Å². The summed E-state index contributed by atoms with van der Waals surface area (Å²) in [7, 11) is 1.92. The Morgan fingerprint density at radius 3 is 2.46 bits per heavy atom. The van der Waals surface area contributed by atoms with Gasteiger partial charge in [-0.3, -0.25) is 0 Å². The van der Waals surface area contributed by atoms with E-state index in [1.807, 2.05) is 79.3 Å². The zero-order chi connectivity index (χ0) is 16.9. The van der Waals surface area contributed by atoms with Crippen LogP contribution in [-0.4, -0.2) is 15.6 Å². The number of hydrogen-bond acceptors (Lipinski definition) is 2. The molecule has 0 fully saturated rings. The van der Waals surface area contributed by atoms with Gasteiger partial charge in [0.1, 0.15) is 11.9 Å². The summed E-state index contributed by atoms with van der Waals surface area (Å²) in [6.45, 7) is 2.03. The van der Waals surface area contributed by atoms with E-state index in [0.717, 1.165) is 22.6 Å². The monoisotopic (exact) mass is 320 g/mol. The molecule has 0 aliphatic rings. The minimum absolute atomic E-state index is 0.266. The minimum atomic E-state index is -0.324. The number of anilines is 1. The Bertz CT molecular complexity index is 826. The van der Waals surface area contributed by atoms with Crippen molar-refractivity contribution in [3.63, 3.8) is 0 Å². The summed E-state index contributed by atoms with van der Waals surface area (Å²) in [5, 5.41) is 5.89. The normalized spacial score (nSPS) is 11.8. The SMILES string of the molecule is Cc1ccccc1C(NC(=O)Nc1ccccc1)c1nccn1C. The van der Waals surface area contributed by atoms with Gasteiger partial charge >= 0.3 is 6.03 Å². The summed E-state index contributed by atoms with van der Waals surface area (Å²) in [5.41, 5.74) is 2.87. The van der Waals surface area contributed by atoms with Gasteiger partial charge in [0, 0.05) is 25.1 Å². The fourth-order valence-corrected chi connectivity index (χ4v) is 2.67. The first-order valence-corrected chi connectivity index (χ1v) is 7.80. The lowest BCUT2D eigenvalue weighted by atomic mass is 10.0. The molecule has 2 amide bonds. The molecule has 5 heteroatoms. The number of nitrogens with zero attached hydrogens (tertiary/aromatic N) is 2. The van der Waals surface area contributed by atoms with Crippen LogP contribution in [0.2, 0.25) is 0 Å². The second-order valence-corrected chi connectivity index (χ2v) is 5.65. The molecule has 0 aliphatic heterocycles. The van der Waals surface area contributed by atoms with Gasteiger partial charge in [-0.15, -0.1) is 0 Å². The number of carbonyl (C=O) groups excluding carboxylic acids is 1. The Morgan fingerprint density at radius 2 is 1.79 bits per heavy atom. The zero-order valence-electron chi connectivity index (χ0n) is 13.7. The Kier molecular flexibility index (Phi) is 4.61. The van der Waals surface area contributed by atoms with E-state index in [2.05, 4.69) is 15.6 Å². The number of benzene rings is 2. The zero-order valence-corrected chi connectivity index (χ0v) is 13.7. The Hall–Kier alpha value is -3.08. The van der Waals surface area contributed by atoms with E-state index in [4.69, 9.17) is 0 Å². The second-order valence-electron chi connectivity index (χ2n) is 5.65. The summed E-state index contributed by atoms with van der Waals surface area (Å²) in [6.07, 6.45) is 3.61. The second kappa shape index (κ2) is 7.00.